The highest BCUT2D eigenvalue weighted by Crippen LogP contribution is 2.09. The Hall–Kier alpha value is -0.990. The van der Waals surface area contributed by atoms with Crippen LogP contribution < -0.4 is 0 Å². The first-order chi connectivity index (χ1) is 6.68. The largest absolute Gasteiger partial charge is 0.510 e. The molecule has 0 unspecified atom stereocenters. The van der Waals surface area contributed by atoms with Gasteiger partial charge in [0, 0.05) is 5.02 Å². The summed E-state index contributed by atoms with van der Waals surface area (Å²) in [4.78, 5) is 0. The highest BCUT2D eigenvalue weighted by molar-refractivity contribution is 6.30. The maximum atomic E-state index is 8.75. The van der Waals surface area contributed by atoms with Crippen LogP contribution >= 0.6 is 11.6 Å². The first-order valence-corrected chi connectivity index (χ1v) is 4.75. The molecule has 0 aliphatic rings. The molecule has 0 aliphatic heterocycles. The Labute approximate surface area is 88.8 Å². The number of aliphatic hydroxyl groups excluding tert-OH is 1. The molecule has 0 bridgehead atoms. The third-order valence-corrected chi connectivity index (χ3v) is 1.97. The highest BCUT2D eigenvalue weighted by atomic mass is 35.5. The molecule has 0 fully saturated rings. The van der Waals surface area contributed by atoms with Crippen LogP contribution in [0.5, 0.6) is 0 Å². The molecule has 14 heavy (non-hydrogen) atoms. The molecule has 1 aromatic carbocycles. The van der Waals surface area contributed by atoms with E-state index < -0.39 is 0 Å². The van der Waals surface area contributed by atoms with E-state index in [2.05, 4.69) is 6.58 Å². The van der Waals surface area contributed by atoms with Crippen molar-refractivity contribution in [3.05, 3.63) is 47.2 Å². The van der Waals surface area contributed by atoms with Gasteiger partial charge in [0.2, 0.25) is 0 Å². The van der Waals surface area contributed by atoms with Gasteiger partial charge in [0.1, 0.15) is 12.4 Å². The van der Waals surface area contributed by atoms with Gasteiger partial charge >= 0.3 is 0 Å². The lowest BCUT2D eigenvalue weighted by atomic mass is 10.2. The fourth-order valence-electron chi connectivity index (χ4n) is 1.03. The molecule has 1 aromatic rings. The van der Waals surface area contributed by atoms with Crippen molar-refractivity contribution in [3.63, 3.8) is 0 Å². The van der Waals surface area contributed by atoms with E-state index in [1.54, 1.807) is 0 Å². The van der Waals surface area contributed by atoms with E-state index >= 15 is 0 Å². The predicted octanol–water partition coefficient (Wildman–Crippen LogP) is 2.97. The number of hydrogen-bond acceptors (Lipinski definition) is 2. The second-order valence-corrected chi connectivity index (χ2v) is 3.43. The van der Waals surface area contributed by atoms with Crippen molar-refractivity contribution in [1.29, 1.82) is 0 Å². The van der Waals surface area contributed by atoms with Crippen LogP contribution in [0, 0.1) is 0 Å². The minimum absolute atomic E-state index is 0.0566. The molecule has 1 rings (SSSR count). The Bertz CT molecular complexity index is 293. The van der Waals surface area contributed by atoms with Crippen LogP contribution in [0.2, 0.25) is 5.02 Å². The van der Waals surface area contributed by atoms with Crippen molar-refractivity contribution in [2.45, 2.75) is 6.42 Å². The van der Waals surface area contributed by atoms with E-state index in [1.807, 2.05) is 24.3 Å². The van der Waals surface area contributed by atoms with Gasteiger partial charge < -0.3 is 9.84 Å². The van der Waals surface area contributed by atoms with Gasteiger partial charge in [0.15, 0.2) is 0 Å². The molecule has 0 saturated heterocycles. The summed E-state index contributed by atoms with van der Waals surface area (Å²) < 4.78 is 5.15. The van der Waals surface area contributed by atoms with Crippen LogP contribution in [-0.2, 0) is 11.2 Å². The van der Waals surface area contributed by atoms with Gasteiger partial charge in [-0.15, -0.1) is 0 Å². The van der Waals surface area contributed by atoms with Crippen LogP contribution in [0.15, 0.2) is 36.6 Å². The number of rotatable bonds is 5. The zero-order valence-electron chi connectivity index (χ0n) is 7.87. The minimum Gasteiger partial charge on any atom is -0.510 e. The number of aliphatic hydroxyl groups is 1. The third-order valence-electron chi connectivity index (χ3n) is 1.72. The second-order valence-electron chi connectivity index (χ2n) is 3.00. The Morgan fingerprint density at radius 1 is 1.36 bits per heavy atom. The maximum Gasteiger partial charge on any atom is 0.111 e. The van der Waals surface area contributed by atoms with Crippen LogP contribution in [0.3, 0.4) is 0 Å². The zero-order valence-corrected chi connectivity index (χ0v) is 8.63. The molecule has 0 atom stereocenters. The summed E-state index contributed by atoms with van der Waals surface area (Å²) >= 11 is 5.74. The number of hydrogen-bond donors (Lipinski definition) is 1. The quantitative estimate of drug-likeness (QED) is 0.601. The van der Waals surface area contributed by atoms with Crippen LogP contribution in [0.25, 0.3) is 0 Å². The molecule has 2 nitrogen and oxygen atoms in total. The molecular weight excluding hydrogens is 200 g/mol. The van der Waals surface area contributed by atoms with Crippen molar-refractivity contribution in [1.82, 2.24) is 0 Å². The molecule has 3 heteroatoms. The molecule has 1 N–H and O–H groups in total. The summed E-state index contributed by atoms with van der Waals surface area (Å²) in [5.41, 5.74) is 1.16. The second kappa shape index (κ2) is 5.68. The Balaban J connectivity index is 2.25. The molecule has 0 aliphatic carbocycles. The molecule has 0 radical (unpaired) electrons. The van der Waals surface area contributed by atoms with E-state index in [-0.39, 0.29) is 12.4 Å². The lowest BCUT2D eigenvalue weighted by molar-refractivity contribution is 0.131. The average Bonchev–Trinajstić information content (AvgIpc) is 2.15. The van der Waals surface area contributed by atoms with Crippen molar-refractivity contribution in [2.24, 2.45) is 0 Å². The van der Waals surface area contributed by atoms with Gasteiger partial charge in [-0.05, 0) is 24.1 Å². The summed E-state index contributed by atoms with van der Waals surface area (Å²) in [6.07, 6.45) is 0.810. The van der Waals surface area contributed by atoms with Gasteiger partial charge in [-0.2, -0.15) is 0 Å². The number of benzene rings is 1. The summed E-state index contributed by atoms with van der Waals surface area (Å²) in [6, 6.07) is 7.61. The number of ether oxygens (including phenoxy) is 1. The Morgan fingerprint density at radius 3 is 2.57 bits per heavy atom. The molecular formula is C11H13ClO2. The van der Waals surface area contributed by atoms with E-state index in [9.17, 15) is 0 Å². The fraction of sp³-hybridized carbons (Fsp3) is 0.273. The molecule has 0 saturated carbocycles. The summed E-state index contributed by atoms with van der Waals surface area (Å²) in [7, 11) is 0. The van der Waals surface area contributed by atoms with Crippen molar-refractivity contribution in [2.75, 3.05) is 13.2 Å². The van der Waals surface area contributed by atoms with Crippen molar-refractivity contribution >= 4 is 11.6 Å². The summed E-state index contributed by atoms with van der Waals surface area (Å²) in [5, 5.41) is 9.48. The van der Waals surface area contributed by atoms with E-state index in [4.69, 9.17) is 21.4 Å². The van der Waals surface area contributed by atoms with Gasteiger partial charge in [-0.1, -0.05) is 30.3 Å². The molecule has 0 aromatic heterocycles. The fourth-order valence-corrected chi connectivity index (χ4v) is 1.16. The van der Waals surface area contributed by atoms with Gasteiger partial charge in [-0.3, -0.25) is 0 Å². The van der Waals surface area contributed by atoms with E-state index in [1.165, 1.54) is 0 Å². The van der Waals surface area contributed by atoms with Gasteiger partial charge in [0.05, 0.1) is 6.61 Å². The van der Waals surface area contributed by atoms with Crippen LogP contribution in [0.1, 0.15) is 5.56 Å². The SMILES string of the molecule is C=C(O)COCCc1ccc(Cl)cc1. The average molecular weight is 213 g/mol. The first kappa shape index (κ1) is 11.1. The standard InChI is InChI=1S/C11H13ClO2/c1-9(13)8-14-7-6-10-2-4-11(12)5-3-10/h2-5,13H,1,6-8H2. The molecule has 0 spiro atoms. The van der Waals surface area contributed by atoms with Gasteiger partial charge in [-0.25, -0.2) is 0 Å². The van der Waals surface area contributed by atoms with E-state index in [0.29, 0.717) is 6.61 Å². The lowest BCUT2D eigenvalue weighted by Crippen LogP contribution is -2.01. The number of halogens is 1. The minimum atomic E-state index is 0.0566. The smallest absolute Gasteiger partial charge is 0.111 e. The summed E-state index contributed by atoms with van der Waals surface area (Å²) in [6.45, 7) is 4.10. The van der Waals surface area contributed by atoms with Crippen LogP contribution in [-0.4, -0.2) is 18.3 Å². The monoisotopic (exact) mass is 212 g/mol. The predicted molar refractivity (Wildman–Crippen MR) is 57.7 cm³/mol. The first-order valence-electron chi connectivity index (χ1n) is 4.37. The zero-order chi connectivity index (χ0) is 10.4. The third kappa shape index (κ3) is 4.30. The van der Waals surface area contributed by atoms with E-state index in [0.717, 1.165) is 17.0 Å². The Morgan fingerprint density at radius 2 is 2.00 bits per heavy atom. The van der Waals surface area contributed by atoms with Crippen LogP contribution in [0.4, 0.5) is 0 Å². The van der Waals surface area contributed by atoms with Crippen molar-refractivity contribution in [3.8, 4) is 0 Å². The highest BCUT2D eigenvalue weighted by Gasteiger charge is 1.94. The normalized spacial score (nSPS) is 10.1. The molecule has 0 amide bonds. The van der Waals surface area contributed by atoms with Crippen molar-refractivity contribution < 1.29 is 9.84 Å². The molecule has 0 heterocycles. The topological polar surface area (TPSA) is 29.5 Å². The molecule has 76 valence electrons. The maximum absolute atomic E-state index is 8.75. The van der Waals surface area contributed by atoms with Gasteiger partial charge in [0.25, 0.3) is 0 Å². The summed E-state index contributed by atoms with van der Waals surface area (Å²) in [5.74, 6) is 0.0566. The Kier molecular flexibility index (Phi) is 4.50. The lowest BCUT2D eigenvalue weighted by Gasteiger charge is -2.03.